The number of nitrogens with one attached hydrogen (secondary N) is 1. The Morgan fingerprint density at radius 1 is 1.15 bits per heavy atom. The Morgan fingerprint density at radius 2 is 1.85 bits per heavy atom. The van der Waals surface area contributed by atoms with Gasteiger partial charge >= 0.3 is 6.36 Å². The molecule has 4 rings (SSSR count). The number of carbonyl (C=O) groups is 1. The molecule has 2 aromatic heterocycles. The molecule has 2 fully saturated rings. The van der Waals surface area contributed by atoms with Gasteiger partial charge in [0.15, 0.2) is 0 Å². The molecule has 0 bridgehead atoms. The van der Waals surface area contributed by atoms with Crippen LogP contribution in [-0.4, -0.2) is 34.0 Å². The van der Waals surface area contributed by atoms with Gasteiger partial charge in [0.05, 0.1) is 11.6 Å². The van der Waals surface area contributed by atoms with Crippen LogP contribution < -0.4 is 10.9 Å². The number of alkyl halides is 3. The number of ether oxygens (including phenoxy) is 1. The van der Waals surface area contributed by atoms with Crippen molar-refractivity contribution in [1.82, 2.24) is 14.9 Å². The fourth-order valence-corrected chi connectivity index (χ4v) is 5.58. The predicted octanol–water partition coefficient (Wildman–Crippen LogP) is 4.73. The van der Waals surface area contributed by atoms with E-state index in [1.165, 1.54) is 0 Å². The van der Waals surface area contributed by atoms with Gasteiger partial charge in [-0.1, -0.05) is 6.92 Å². The van der Waals surface area contributed by atoms with Gasteiger partial charge in [-0.05, 0) is 75.8 Å². The Hall–Kier alpha value is -2.42. The number of halogens is 3. The molecule has 6 nitrogen and oxygen atoms in total. The second kappa shape index (κ2) is 9.68. The van der Waals surface area contributed by atoms with E-state index in [2.05, 4.69) is 22.0 Å². The summed E-state index contributed by atoms with van der Waals surface area (Å²) in [5.41, 5.74) is 2.36. The molecule has 1 N–H and O–H groups in total. The van der Waals surface area contributed by atoms with Gasteiger partial charge < -0.3 is 9.88 Å². The first-order valence-corrected chi connectivity index (χ1v) is 12.0. The Morgan fingerprint density at radius 3 is 2.53 bits per heavy atom. The number of pyridine rings is 2. The summed E-state index contributed by atoms with van der Waals surface area (Å²) in [6, 6.07) is 3.68. The first-order chi connectivity index (χ1) is 16.0. The van der Waals surface area contributed by atoms with E-state index in [-0.39, 0.29) is 48.1 Å². The summed E-state index contributed by atoms with van der Waals surface area (Å²) >= 11 is 0. The maximum Gasteiger partial charge on any atom is 0.522 e. The zero-order valence-electron chi connectivity index (χ0n) is 19.8. The third-order valence-electron chi connectivity index (χ3n) is 7.56. The average molecular weight is 480 g/mol. The van der Waals surface area contributed by atoms with Crippen molar-refractivity contribution in [2.75, 3.05) is 0 Å². The van der Waals surface area contributed by atoms with Crippen molar-refractivity contribution in [2.24, 2.45) is 18.9 Å². The second-order valence-electron chi connectivity index (χ2n) is 9.99. The third-order valence-corrected chi connectivity index (χ3v) is 7.56. The quantitative estimate of drug-likeness (QED) is 0.689. The molecule has 1 amide bonds. The molecule has 186 valence electrons. The van der Waals surface area contributed by atoms with Gasteiger partial charge in [0.1, 0.15) is 0 Å². The van der Waals surface area contributed by atoms with Gasteiger partial charge in [-0.2, -0.15) is 0 Å². The molecule has 3 atom stereocenters. The number of hydrogen-bond donors (Lipinski definition) is 1. The fraction of sp³-hybridized carbons (Fsp3) is 0.640. The van der Waals surface area contributed by atoms with Crippen LogP contribution in [0, 0.1) is 18.8 Å². The van der Waals surface area contributed by atoms with E-state index in [9.17, 15) is 22.8 Å². The van der Waals surface area contributed by atoms with E-state index >= 15 is 0 Å². The van der Waals surface area contributed by atoms with Gasteiger partial charge in [-0.25, -0.2) is 0 Å². The monoisotopic (exact) mass is 479 g/mol. The van der Waals surface area contributed by atoms with E-state index in [1.807, 2.05) is 19.1 Å². The number of hydrogen-bond acceptors (Lipinski definition) is 4. The molecule has 2 heterocycles. The average Bonchev–Trinajstić information content (AvgIpc) is 2.77. The van der Waals surface area contributed by atoms with E-state index in [4.69, 9.17) is 0 Å². The van der Waals surface area contributed by atoms with E-state index < -0.39 is 12.5 Å². The number of nitrogens with zero attached hydrogens (tertiary/aromatic N) is 2. The highest BCUT2D eigenvalue weighted by molar-refractivity contribution is 5.80. The molecule has 2 saturated carbocycles. The molecule has 3 unspecified atom stereocenters. The highest BCUT2D eigenvalue weighted by atomic mass is 19.4. The Kier molecular flexibility index (Phi) is 7.03. The van der Waals surface area contributed by atoms with Crippen LogP contribution in [0.1, 0.15) is 69.0 Å². The van der Waals surface area contributed by atoms with Crippen LogP contribution in [0.25, 0.3) is 10.9 Å². The summed E-state index contributed by atoms with van der Waals surface area (Å²) in [6.07, 6.45) is -0.0339. The lowest BCUT2D eigenvalue weighted by Crippen LogP contribution is -2.44. The molecule has 0 saturated heterocycles. The summed E-state index contributed by atoms with van der Waals surface area (Å²) in [4.78, 5) is 30.6. The lowest BCUT2D eigenvalue weighted by atomic mass is 9.71. The largest absolute Gasteiger partial charge is 0.522 e. The number of aryl methyl sites for hydroxylation is 2. The number of rotatable bonds is 4. The van der Waals surface area contributed by atoms with Crippen molar-refractivity contribution in [1.29, 1.82) is 0 Å². The highest BCUT2D eigenvalue weighted by Gasteiger charge is 2.37. The minimum Gasteiger partial charge on any atom is -0.353 e. The van der Waals surface area contributed by atoms with Gasteiger partial charge in [0.25, 0.3) is 5.56 Å². The summed E-state index contributed by atoms with van der Waals surface area (Å²) in [6.45, 7) is 4.01. The summed E-state index contributed by atoms with van der Waals surface area (Å²) in [5.74, 6) is -0.0544. The van der Waals surface area contributed by atoms with Crippen LogP contribution in [0.15, 0.2) is 23.1 Å². The van der Waals surface area contributed by atoms with Crippen molar-refractivity contribution in [3.8, 4) is 0 Å². The van der Waals surface area contributed by atoms with E-state index in [1.54, 1.807) is 17.8 Å². The molecular formula is C25H32F3N3O3. The van der Waals surface area contributed by atoms with Crippen molar-refractivity contribution in [3.63, 3.8) is 0 Å². The van der Waals surface area contributed by atoms with E-state index in [0.29, 0.717) is 19.3 Å². The van der Waals surface area contributed by atoms with Gasteiger partial charge in [0.2, 0.25) is 5.91 Å². The number of amides is 1. The minimum atomic E-state index is -4.62. The van der Waals surface area contributed by atoms with Crippen LogP contribution in [0.2, 0.25) is 0 Å². The van der Waals surface area contributed by atoms with E-state index in [0.717, 1.165) is 35.0 Å². The minimum absolute atomic E-state index is 0.0372. The number of fused-ring (bicyclic) bond motifs is 1. The van der Waals surface area contributed by atoms with Crippen molar-refractivity contribution in [3.05, 3.63) is 39.9 Å². The van der Waals surface area contributed by atoms with Crippen LogP contribution in [0.3, 0.4) is 0 Å². The van der Waals surface area contributed by atoms with Crippen LogP contribution in [-0.2, 0) is 16.6 Å². The number of aromatic nitrogens is 2. The molecule has 0 radical (unpaired) electrons. The smallest absolute Gasteiger partial charge is 0.353 e. The Balaban J connectivity index is 1.44. The maximum absolute atomic E-state index is 13.2. The molecule has 2 aliphatic carbocycles. The Bertz CT molecular complexity index is 1110. The van der Waals surface area contributed by atoms with Crippen molar-refractivity contribution >= 4 is 16.8 Å². The SMILES string of the molecule is Cc1cc2c(cn1)cc(C1CC(C(=O)NC3CCC(OC(F)(F)F)CC3)CCC1C)c(=O)n2C. The molecule has 2 aromatic rings. The molecule has 0 aromatic carbocycles. The summed E-state index contributed by atoms with van der Waals surface area (Å²) < 4.78 is 43.1. The Labute approximate surface area is 196 Å². The molecule has 34 heavy (non-hydrogen) atoms. The fourth-order valence-electron chi connectivity index (χ4n) is 5.58. The molecular weight excluding hydrogens is 447 g/mol. The normalized spacial score (nSPS) is 28.1. The first kappa shape index (κ1) is 24.7. The standard InChI is InChI=1S/C25H32F3N3O3/c1-14-4-5-16(23(32)30-18-6-8-19(9-7-18)34-25(26,27)28)11-20(14)21-12-17-13-29-15(2)10-22(17)31(3)24(21)33/h10,12-14,16,18-20H,4-9,11H2,1-3H3,(H,30,32). The topological polar surface area (TPSA) is 73.2 Å². The van der Waals surface area contributed by atoms with Crippen LogP contribution in [0.5, 0.6) is 0 Å². The predicted molar refractivity (Wildman–Crippen MR) is 122 cm³/mol. The maximum atomic E-state index is 13.2. The third kappa shape index (κ3) is 5.45. The van der Waals surface area contributed by atoms with Gasteiger partial charge in [-0.15, -0.1) is 13.2 Å². The number of carbonyl (C=O) groups excluding carboxylic acids is 1. The highest BCUT2D eigenvalue weighted by Crippen LogP contribution is 2.40. The lowest BCUT2D eigenvalue weighted by molar-refractivity contribution is -0.345. The first-order valence-electron chi connectivity index (χ1n) is 12.0. The second-order valence-corrected chi connectivity index (χ2v) is 9.99. The molecule has 9 heteroatoms. The van der Waals surface area contributed by atoms with Crippen molar-refractivity contribution in [2.45, 2.75) is 83.2 Å². The molecule has 0 spiro atoms. The van der Waals surface area contributed by atoms with Gasteiger partial charge in [-0.3, -0.25) is 19.3 Å². The van der Waals surface area contributed by atoms with Gasteiger partial charge in [0, 0.05) is 41.8 Å². The van der Waals surface area contributed by atoms with Crippen LogP contribution in [0.4, 0.5) is 13.2 Å². The summed E-state index contributed by atoms with van der Waals surface area (Å²) in [7, 11) is 1.77. The van der Waals surface area contributed by atoms with Crippen LogP contribution >= 0.6 is 0 Å². The zero-order chi connectivity index (χ0) is 24.6. The lowest BCUT2D eigenvalue weighted by Gasteiger charge is -2.35. The molecule has 0 aliphatic heterocycles. The molecule has 2 aliphatic rings. The zero-order valence-corrected chi connectivity index (χ0v) is 19.8. The van der Waals surface area contributed by atoms with Crippen molar-refractivity contribution < 1.29 is 22.7 Å². The summed E-state index contributed by atoms with van der Waals surface area (Å²) in [5, 5.41) is 3.95.